The van der Waals surface area contributed by atoms with Crippen molar-refractivity contribution in [3.63, 3.8) is 0 Å². The third-order valence-electron chi connectivity index (χ3n) is 2.84. The number of H-pyrrole nitrogens is 1. The van der Waals surface area contributed by atoms with E-state index in [0.29, 0.717) is 0 Å². The Hall–Kier alpha value is -2.83. The van der Waals surface area contributed by atoms with Crippen LogP contribution in [0.1, 0.15) is 10.5 Å². The summed E-state index contributed by atoms with van der Waals surface area (Å²) in [5.74, 6) is -0.984. The molecule has 136 valence electrons. The van der Waals surface area contributed by atoms with Crippen molar-refractivity contribution in [2.75, 3.05) is 0 Å². The zero-order valence-corrected chi connectivity index (χ0v) is 14.8. The Morgan fingerprint density at radius 2 is 1.46 bits per heavy atom. The molecule has 0 aliphatic heterocycles. The van der Waals surface area contributed by atoms with Crippen LogP contribution in [-0.4, -0.2) is 44.7 Å². The third kappa shape index (κ3) is 4.41. The quantitative estimate of drug-likeness (QED) is 0.418. The van der Waals surface area contributed by atoms with Crippen LogP contribution in [0.15, 0.2) is 46.4 Å². The summed E-state index contributed by atoms with van der Waals surface area (Å²) in [6, 6.07) is 4.37. The number of hydrogen-bond donors (Lipinski definition) is 2. The topological polar surface area (TPSA) is 152 Å². The van der Waals surface area contributed by atoms with E-state index in [1.165, 1.54) is 36.8 Å². The van der Waals surface area contributed by atoms with Crippen molar-refractivity contribution in [3.05, 3.63) is 63.2 Å². The highest BCUT2D eigenvalue weighted by Crippen LogP contribution is 1.95. The lowest BCUT2D eigenvalue weighted by Gasteiger charge is -1.92. The Morgan fingerprint density at radius 1 is 1.00 bits per heavy atom. The minimum absolute atomic E-state index is 0.116. The lowest BCUT2D eigenvalue weighted by Crippen LogP contribution is -2.26. The Kier molecular flexibility index (Phi) is 6.38. The molecule has 26 heavy (non-hydrogen) atoms. The maximum Gasteiger partial charge on any atom is 0.353 e. The monoisotopic (exact) mass is 418 g/mol. The Balaban J connectivity index is 0.000000172. The summed E-state index contributed by atoms with van der Waals surface area (Å²) in [4.78, 5) is 33.3. The van der Waals surface area contributed by atoms with Crippen molar-refractivity contribution >= 4 is 47.6 Å². The average Bonchev–Trinajstić information content (AvgIpc) is 3.33. The molecule has 0 spiro atoms. The fourth-order valence-corrected chi connectivity index (χ4v) is 1.85. The molecule has 4 aromatic heterocycles. The molecule has 0 radical (unpaired) electrons. The molecule has 0 aliphatic carbocycles. The first-order valence-corrected chi connectivity index (χ1v) is 9.27. The summed E-state index contributed by atoms with van der Waals surface area (Å²) in [5, 5.41) is 21.5. The highest BCUT2D eigenvalue weighted by atomic mass is 36.0. The predicted octanol–water partition coefficient (Wildman–Crippen LogP) is 0.291. The first kappa shape index (κ1) is 19.5. The summed E-state index contributed by atoms with van der Waals surface area (Å²) in [7, 11) is 7.36. The van der Waals surface area contributed by atoms with E-state index in [0.717, 1.165) is 9.03 Å². The number of hydrogen-bond acceptors (Lipinski definition) is 7. The van der Waals surface area contributed by atoms with Gasteiger partial charge in [-0.1, -0.05) is 0 Å². The second-order valence-corrected chi connectivity index (χ2v) is 6.85. The minimum Gasteiger partial charge on any atom is -0.477 e. The van der Waals surface area contributed by atoms with Gasteiger partial charge in [0.1, 0.15) is 16.7 Å². The summed E-state index contributed by atoms with van der Waals surface area (Å²) in [5.41, 5.74) is -0.0633. The van der Waals surface area contributed by atoms with Crippen molar-refractivity contribution in [1.29, 1.82) is 0 Å². The molecule has 0 fully saturated rings. The van der Waals surface area contributed by atoms with E-state index in [4.69, 9.17) is 9.32 Å². The van der Waals surface area contributed by atoms with Crippen molar-refractivity contribution in [3.8, 4) is 0 Å². The zero-order valence-electron chi connectivity index (χ0n) is 12.4. The molecule has 0 amide bonds. The van der Waals surface area contributed by atoms with Crippen LogP contribution in [0.4, 0.5) is 0 Å². The van der Waals surface area contributed by atoms with E-state index in [1.807, 2.05) is 0 Å². The van der Waals surface area contributed by atoms with Crippen LogP contribution in [0.3, 0.4) is 0 Å². The van der Waals surface area contributed by atoms with Gasteiger partial charge in [0.15, 0.2) is 0 Å². The van der Waals surface area contributed by atoms with Gasteiger partial charge in [0.05, 0.1) is 12.4 Å². The number of nitrogens with zero attached hydrogens (tertiary/aromatic N) is 5. The predicted molar refractivity (Wildman–Crippen MR) is 93.1 cm³/mol. The number of carboxylic acid groups (broad SMARTS) is 1. The maximum atomic E-state index is 11.7. The standard InChI is InChI=1S/C8H4N4O2.C4H4N2O2.Cl2OS/c13-7-5-1-3-9-11(5)8(14)6-2-4-10-12(6)7;7-4(8)3-1-2-5-6-3;1-4(2)3/h1-4H;1-2H,(H,5,6)(H,7,8);. The van der Waals surface area contributed by atoms with Gasteiger partial charge in [-0.2, -0.15) is 24.3 Å². The summed E-state index contributed by atoms with van der Waals surface area (Å²) in [6.45, 7) is 0. The third-order valence-corrected chi connectivity index (χ3v) is 2.84. The largest absolute Gasteiger partial charge is 0.477 e. The fraction of sp³-hybridized carbons (Fsp3) is 0. The highest BCUT2D eigenvalue weighted by Gasteiger charge is 2.10. The van der Waals surface area contributed by atoms with Gasteiger partial charge in [-0.15, -0.1) is 0 Å². The van der Waals surface area contributed by atoms with E-state index in [-0.39, 0.29) is 27.8 Å². The number of aromatic nitrogens is 6. The van der Waals surface area contributed by atoms with Crippen LogP contribution in [0.25, 0.3) is 11.0 Å². The zero-order chi connectivity index (χ0) is 19.3. The van der Waals surface area contributed by atoms with Crippen molar-refractivity contribution in [1.82, 2.24) is 29.4 Å². The van der Waals surface area contributed by atoms with Crippen LogP contribution in [-0.2, 0) is 9.23 Å². The Morgan fingerprint density at radius 3 is 1.77 bits per heavy atom. The first-order valence-electron chi connectivity index (χ1n) is 6.47. The fourth-order valence-electron chi connectivity index (χ4n) is 1.85. The molecule has 0 bridgehead atoms. The van der Waals surface area contributed by atoms with E-state index in [2.05, 4.69) is 41.8 Å². The van der Waals surface area contributed by atoms with Gasteiger partial charge in [-0.25, -0.2) is 9.00 Å². The molecule has 2 N–H and O–H groups in total. The van der Waals surface area contributed by atoms with Gasteiger partial charge >= 0.3 is 5.97 Å². The van der Waals surface area contributed by atoms with Crippen LogP contribution in [0.5, 0.6) is 0 Å². The molecule has 4 heterocycles. The lowest BCUT2D eigenvalue weighted by atomic mass is 10.5. The van der Waals surface area contributed by atoms with Crippen molar-refractivity contribution in [2.45, 2.75) is 0 Å². The number of aromatic carboxylic acids is 1. The minimum atomic E-state index is -1.67. The van der Waals surface area contributed by atoms with E-state index in [9.17, 15) is 14.4 Å². The number of fused-ring (bicyclic) bond motifs is 2. The molecular weight excluding hydrogens is 411 g/mol. The number of halogens is 2. The van der Waals surface area contributed by atoms with E-state index < -0.39 is 15.2 Å². The molecule has 0 aromatic carbocycles. The normalized spacial score (nSPS) is 10.3. The first-order chi connectivity index (χ1) is 12.3. The number of carboxylic acids is 1. The SMILES string of the molecule is O=C(O)c1ccn[nH]1.O=S(Cl)Cl.O=c1c2ccnn2c(=O)c2ccnn12. The molecule has 4 rings (SSSR count). The molecular formula is C12H8Cl2N6O5S. The summed E-state index contributed by atoms with van der Waals surface area (Å²) in [6.07, 6.45) is 4.22. The summed E-state index contributed by atoms with van der Waals surface area (Å²) < 4.78 is 11.3. The average molecular weight is 419 g/mol. The molecule has 0 saturated carbocycles. The second-order valence-electron chi connectivity index (χ2n) is 4.33. The summed E-state index contributed by atoms with van der Waals surface area (Å²) >= 11 is 0. The molecule has 14 heteroatoms. The number of carbonyl (C=O) groups is 1. The number of aromatic amines is 1. The van der Waals surface area contributed by atoms with Crippen LogP contribution in [0, 0.1) is 0 Å². The van der Waals surface area contributed by atoms with Gasteiger partial charge in [0, 0.05) is 27.6 Å². The van der Waals surface area contributed by atoms with Crippen LogP contribution < -0.4 is 11.1 Å². The molecule has 0 unspecified atom stereocenters. The van der Waals surface area contributed by atoms with Crippen LogP contribution in [0.2, 0.25) is 0 Å². The van der Waals surface area contributed by atoms with Gasteiger partial charge in [-0.05, 0) is 18.2 Å². The number of nitrogens with one attached hydrogen (secondary N) is 1. The molecule has 4 aromatic rings. The van der Waals surface area contributed by atoms with E-state index in [1.54, 1.807) is 0 Å². The van der Waals surface area contributed by atoms with Crippen molar-refractivity contribution < 1.29 is 14.1 Å². The van der Waals surface area contributed by atoms with Gasteiger partial charge in [0.25, 0.3) is 11.1 Å². The Labute approximate surface area is 154 Å². The second kappa shape index (κ2) is 8.51. The van der Waals surface area contributed by atoms with Crippen LogP contribution >= 0.6 is 21.4 Å². The Bertz CT molecular complexity index is 1040. The molecule has 11 nitrogen and oxygen atoms in total. The maximum absolute atomic E-state index is 11.7. The molecule has 0 saturated heterocycles. The highest BCUT2D eigenvalue weighted by molar-refractivity contribution is 8.26. The molecule has 0 atom stereocenters. The van der Waals surface area contributed by atoms with Gasteiger partial charge in [0.2, 0.25) is 9.23 Å². The molecule has 0 aliphatic rings. The van der Waals surface area contributed by atoms with Gasteiger partial charge < -0.3 is 5.11 Å². The lowest BCUT2D eigenvalue weighted by molar-refractivity contribution is 0.0690. The smallest absolute Gasteiger partial charge is 0.353 e. The van der Waals surface area contributed by atoms with Gasteiger partial charge in [-0.3, -0.25) is 14.7 Å². The number of rotatable bonds is 1. The van der Waals surface area contributed by atoms with Crippen molar-refractivity contribution in [2.24, 2.45) is 0 Å². The van der Waals surface area contributed by atoms with E-state index >= 15 is 0 Å².